The van der Waals surface area contributed by atoms with Gasteiger partial charge in [0.05, 0.1) is 6.04 Å². The van der Waals surface area contributed by atoms with Gasteiger partial charge in [0.1, 0.15) is 11.3 Å². The highest BCUT2D eigenvalue weighted by Crippen LogP contribution is 2.30. The van der Waals surface area contributed by atoms with Crippen molar-refractivity contribution in [2.24, 2.45) is 0 Å². The van der Waals surface area contributed by atoms with E-state index in [2.05, 4.69) is 21.2 Å². The molecule has 0 radical (unpaired) electrons. The van der Waals surface area contributed by atoms with Crippen LogP contribution in [0, 0.1) is 6.92 Å². The Labute approximate surface area is 184 Å². The van der Waals surface area contributed by atoms with Crippen molar-refractivity contribution in [2.75, 3.05) is 20.7 Å². The molecule has 0 fully saturated rings. The molecular formula is C23H25BrN2O4. The van der Waals surface area contributed by atoms with Crippen LogP contribution in [0.15, 0.2) is 51.4 Å². The Hall–Kier alpha value is -2.80. The summed E-state index contributed by atoms with van der Waals surface area (Å²) in [6.45, 7) is 3.79. The fourth-order valence-corrected chi connectivity index (χ4v) is 3.56. The molecule has 3 rings (SSSR count). The Morgan fingerprint density at radius 2 is 1.93 bits per heavy atom. The number of nitrogens with one attached hydrogen (secondary N) is 1. The average molecular weight is 473 g/mol. The van der Waals surface area contributed by atoms with E-state index in [4.69, 9.17) is 9.15 Å². The number of benzene rings is 2. The van der Waals surface area contributed by atoms with Crippen LogP contribution in [0.25, 0.3) is 11.0 Å². The van der Waals surface area contributed by atoms with Crippen LogP contribution in [0.1, 0.15) is 41.1 Å². The van der Waals surface area contributed by atoms with Gasteiger partial charge in [0, 0.05) is 35.1 Å². The number of nitrogens with zero attached hydrogens (tertiary/aromatic N) is 1. The summed E-state index contributed by atoms with van der Waals surface area (Å²) in [6.07, 6.45) is 0.651. The number of aryl methyl sites for hydroxylation is 1. The highest BCUT2D eigenvalue weighted by atomic mass is 79.9. The maximum Gasteiger partial charge on any atom is 0.287 e. The van der Waals surface area contributed by atoms with Crippen LogP contribution in [0.5, 0.6) is 5.75 Å². The summed E-state index contributed by atoms with van der Waals surface area (Å²) in [5.74, 6) is 0.449. The van der Waals surface area contributed by atoms with Crippen LogP contribution >= 0.6 is 15.9 Å². The number of ether oxygens (including phenoxy) is 1. The lowest BCUT2D eigenvalue weighted by molar-refractivity contribution is -0.130. The number of amides is 2. The lowest BCUT2D eigenvalue weighted by atomic mass is 10.0. The van der Waals surface area contributed by atoms with E-state index in [1.807, 2.05) is 50.2 Å². The Morgan fingerprint density at radius 3 is 2.63 bits per heavy atom. The highest BCUT2D eigenvalue weighted by Gasteiger charge is 2.23. The van der Waals surface area contributed by atoms with Crippen LogP contribution < -0.4 is 10.1 Å². The summed E-state index contributed by atoms with van der Waals surface area (Å²) in [7, 11) is 3.36. The smallest absolute Gasteiger partial charge is 0.287 e. The van der Waals surface area contributed by atoms with E-state index in [-0.39, 0.29) is 24.5 Å². The molecule has 0 aliphatic carbocycles. The van der Waals surface area contributed by atoms with E-state index in [0.717, 1.165) is 21.0 Å². The Bertz CT molecular complexity index is 1070. The molecule has 3 aromatic rings. The second-order valence-electron chi connectivity index (χ2n) is 7.25. The van der Waals surface area contributed by atoms with Crippen molar-refractivity contribution in [3.8, 4) is 5.75 Å². The predicted molar refractivity (Wildman–Crippen MR) is 120 cm³/mol. The van der Waals surface area contributed by atoms with Gasteiger partial charge in [-0.3, -0.25) is 9.59 Å². The fourth-order valence-electron chi connectivity index (χ4n) is 3.20. The number of fused-ring (bicyclic) bond motifs is 1. The van der Waals surface area contributed by atoms with Crippen LogP contribution in [0.4, 0.5) is 0 Å². The Balaban J connectivity index is 1.83. The largest absolute Gasteiger partial charge is 0.483 e. The quantitative estimate of drug-likeness (QED) is 0.533. The monoisotopic (exact) mass is 472 g/mol. The molecule has 1 N–H and O–H groups in total. The van der Waals surface area contributed by atoms with E-state index in [1.165, 1.54) is 4.90 Å². The lowest BCUT2D eigenvalue weighted by Gasteiger charge is -2.21. The van der Waals surface area contributed by atoms with Crippen LogP contribution in [0.2, 0.25) is 0 Å². The van der Waals surface area contributed by atoms with Gasteiger partial charge in [0.15, 0.2) is 12.4 Å². The van der Waals surface area contributed by atoms with Crippen molar-refractivity contribution in [3.63, 3.8) is 0 Å². The molecule has 0 spiro atoms. The number of likely N-dealkylation sites (N-methyl/N-ethyl adjacent to an activating group) is 1. The predicted octanol–water partition coefficient (Wildman–Crippen LogP) is 4.85. The highest BCUT2D eigenvalue weighted by molar-refractivity contribution is 9.10. The van der Waals surface area contributed by atoms with Gasteiger partial charge in [-0.05, 0) is 37.6 Å². The SMILES string of the molecule is CCC(NC(=O)c1oc2ccc(Br)cc2c1C)c1ccccc1OCC(=O)N(C)C. The van der Waals surface area contributed by atoms with Crippen molar-refractivity contribution < 1.29 is 18.7 Å². The summed E-state index contributed by atoms with van der Waals surface area (Å²) in [5.41, 5.74) is 2.27. The van der Waals surface area contributed by atoms with Crippen molar-refractivity contribution >= 4 is 38.7 Å². The molecule has 0 aliphatic heterocycles. The number of hydrogen-bond acceptors (Lipinski definition) is 4. The summed E-state index contributed by atoms with van der Waals surface area (Å²) < 4.78 is 12.5. The molecule has 1 atom stereocenters. The average Bonchev–Trinajstić information content (AvgIpc) is 3.06. The number of para-hydroxylation sites is 1. The minimum atomic E-state index is -0.289. The molecule has 0 bridgehead atoms. The Morgan fingerprint density at radius 1 is 1.20 bits per heavy atom. The third kappa shape index (κ3) is 4.67. The zero-order valence-electron chi connectivity index (χ0n) is 17.5. The molecule has 6 nitrogen and oxygen atoms in total. The van der Waals surface area contributed by atoms with E-state index in [9.17, 15) is 9.59 Å². The number of carbonyl (C=O) groups is 2. The number of halogens is 1. The summed E-state index contributed by atoms with van der Waals surface area (Å²) in [6, 6.07) is 12.8. The molecule has 1 unspecified atom stereocenters. The normalized spacial score (nSPS) is 11.9. The van der Waals surface area contributed by atoms with Crippen molar-refractivity contribution in [1.29, 1.82) is 0 Å². The van der Waals surface area contributed by atoms with E-state index in [1.54, 1.807) is 20.2 Å². The van der Waals surface area contributed by atoms with Gasteiger partial charge >= 0.3 is 0 Å². The van der Waals surface area contributed by atoms with Crippen molar-refractivity contribution in [2.45, 2.75) is 26.3 Å². The van der Waals surface area contributed by atoms with Gasteiger partial charge in [-0.15, -0.1) is 0 Å². The molecule has 0 aliphatic rings. The summed E-state index contributed by atoms with van der Waals surface area (Å²) >= 11 is 3.45. The zero-order valence-corrected chi connectivity index (χ0v) is 19.1. The maximum atomic E-state index is 13.0. The second-order valence-corrected chi connectivity index (χ2v) is 8.16. The van der Waals surface area contributed by atoms with Gasteiger partial charge < -0.3 is 19.4 Å². The van der Waals surface area contributed by atoms with E-state index in [0.29, 0.717) is 23.5 Å². The fraction of sp³-hybridized carbons (Fsp3) is 0.304. The maximum absolute atomic E-state index is 13.0. The molecule has 1 aromatic heterocycles. The Kier molecular flexibility index (Phi) is 6.82. The van der Waals surface area contributed by atoms with E-state index >= 15 is 0 Å². The molecule has 2 aromatic carbocycles. The first-order valence-electron chi connectivity index (χ1n) is 9.73. The van der Waals surface area contributed by atoms with Crippen molar-refractivity contribution in [1.82, 2.24) is 10.2 Å². The summed E-state index contributed by atoms with van der Waals surface area (Å²) in [5, 5.41) is 3.94. The summed E-state index contributed by atoms with van der Waals surface area (Å²) in [4.78, 5) is 26.4. The van der Waals surface area contributed by atoms with Crippen molar-refractivity contribution in [3.05, 3.63) is 63.8 Å². The van der Waals surface area contributed by atoms with Gasteiger partial charge in [0.2, 0.25) is 0 Å². The first kappa shape index (κ1) is 21.9. The third-order valence-corrected chi connectivity index (χ3v) is 5.46. The minimum Gasteiger partial charge on any atom is -0.483 e. The number of furan rings is 1. The zero-order chi connectivity index (χ0) is 21.8. The molecule has 0 saturated heterocycles. The first-order chi connectivity index (χ1) is 14.3. The molecule has 158 valence electrons. The molecule has 2 amide bonds. The number of hydrogen-bond donors (Lipinski definition) is 1. The van der Waals surface area contributed by atoms with Gasteiger partial charge in [-0.2, -0.15) is 0 Å². The van der Waals surface area contributed by atoms with Crippen LogP contribution in [-0.2, 0) is 4.79 Å². The van der Waals surface area contributed by atoms with Gasteiger partial charge in [0.25, 0.3) is 11.8 Å². The second kappa shape index (κ2) is 9.34. The number of carbonyl (C=O) groups excluding carboxylic acids is 2. The van der Waals surface area contributed by atoms with Crippen LogP contribution in [0.3, 0.4) is 0 Å². The third-order valence-electron chi connectivity index (χ3n) is 4.96. The topological polar surface area (TPSA) is 71.8 Å². The standard InChI is InChI=1S/C23H25BrN2O4/c1-5-18(16-8-6-7-9-19(16)29-13-21(27)26(3)4)25-23(28)22-14(2)17-12-15(24)10-11-20(17)30-22/h6-12,18H,5,13H2,1-4H3,(H,25,28). The lowest BCUT2D eigenvalue weighted by Crippen LogP contribution is -2.30. The molecule has 7 heteroatoms. The van der Waals surface area contributed by atoms with E-state index < -0.39 is 0 Å². The molecule has 1 heterocycles. The van der Waals surface area contributed by atoms with Gasteiger partial charge in [-0.25, -0.2) is 0 Å². The molecular weight excluding hydrogens is 448 g/mol. The molecule has 30 heavy (non-hydrogen) atoms. The molecule has 0 saturated carbocycles. The van der Waals surface area contributed by atoms with Crippen LogP contribution in [-0.4, -0.2) is 37.4 Å². The minimum absolute atomic E-state index is 0.0635. The number of rotatable bonds is 7. The van der Waals surface area contributed by atoms with Gasteiger partial charge in [-0.1, -0.05) is 41.1 Å². The first-order valence-corrected chi connectivity index (χ1v) is 10.5.